The summed E-state index contributed by atoms with van der Waals surface area (Å²) in [5.41, 5.74) is 9.78. The minimum absolute atomic E-state index is 0. The summed E-state index contributed by atoms with van der Waals surface area (Å²) in [7, 11) is 3.16. The third-order valence-corrected chi connectivity index (χ3v) is 5.10. The third kappa shape index (κ3) is 6.52. The number of nitrogens with zero attached hydrogens (tertiary/aromatic N) is 2. The molecule has 3 aromatic rings. The van der Waals surface area contributed by atoms with Crippen molar-refractivity contribution in [1.29, 1.82) is 5.26 Å². The Balaban J connectivity index is 0.000000532. The third-order valence-electron chi connectivity index (χ3n) is 5.10. The van der Waals surface area contributed by atoms with Gasteiger partial charge in [0.1, 0.15) is 23.2 Å². The largest absolute Gasteiger partial charge is 0.493 e. The molecule has 0 unspecified atom stereocenters. The van der Waals surface area contributed by atoms with Gasteiger partial charge in [-0.15, -0.1) is 0 Å². The fourth-order valence-electron chi connectivity index (χ4n) is 3.39. The molecule has 0 spiro atoms. The number of carboxylic acids is 1. The van der Waals surface area contributed by atoms with Crippen LogP contribution in [0.4, 0.5) is 24.7 Å². The topological polar surface area (TPSA) is 140 Å². The Labute approximate surface area is 211 Å². The van der Waals surface area contributed by atoms with Crippen LogP contribution in [0.2, 0.25) is 0 Å². The second-order valence-electron chi connectivity index (χ2n) is 7.38. The zero-order valence-electron chi connectivity index (χ0n) is 19.1. The molecule has 0 saturated heterocycles. The van der Waals surface area contributed by atoms with Crippen LogP contribution in [-0.4, -0.2) is 36.5 Å². The summed E-state index contributed by atoms with van der Waals surface area (Å²) in [5, 5.41) is 20.1. The van der Waals surface area contributed by atoms with Crippen LogP contribution >= 0.6 is 0 Å². The molecule has 0 atom stereocenters. The molecule has 1 aliphatic rings. The number of nitriles is 1. The van der Waals surface area contributed by atoms with Crippen molar-refractivity contribution in [2.75, 3.05) is 25.3 Å². The molecule has 2 aromatic carbocycles. The summed E-state index contributed by atoms with van der Waals surface area (Å²) < 4.78 is 48.5. The van der Waals surface area contributed by atoms with Crippen LogP contribution in [0.15, 0.2) is 42.5 Å². The summed E-state index contributed by atoms with van der Waals surface area (Å²) in [5.74, 6) is -0.435. The summed E-state index contributed by atoms with van der Waals surface area (Å²) in [6.07, 6.45) is -4.57. The first-order valence-electron chi connectivity index (χ1n) is 10.3. The van der Waals surface area contributed by atoms with E-state index in [2.05, 4.69) is 16.4 Å². The number of carbonyl (C=O) groups is 1. The normalized spacial score (nSPS) is 11.1. The van der Waals surface area contributed by atoms with Gasteiger partial charge in [-0.25, -0.2) is 4.79 Å². The maximum absolute atomic E-state index is 10.6. The van der Waals surface area contributed by atoms with Crippen LogP contribution in [0.5, 0.6) is 23.1 Å². The van der Waals surface area contributed by atoms with Gasteiger partial charge < -0.3 is 30.4 Å². The SMILES string of the molecule is C.COc1cc2c(cc1OC)Oc1nc(N)c(C#N)c(NCc3ccccc3)c1C2.O=C(O)C(F)(F)F. The van der Waals surface area contributed by atoms with Gasteiger partial charge in [0.15, 0.2) is 11.5 Å². The van der Waals surface area contributed by atoms with E-state index in [4.69, 9.17) is 29.8 Å². The number of methoxy groups -OCH3 is 2. The minimum Gasteiger partial charge on any atom is -0.493 e. The van der Waals surface area contributed by atoms with Gasteiger partial charge in [-0.05, 0) is 11.6 Å². The number of nitrogens with one attached hydrogen (secondary N) is 1. The number of nitrogens with two attached hydrogens (primary N) is 1. The highest BCUT2D eigenvalue weighted by molar-refractivity contribution is 5.75. The lowest BCUT2D eigenvalue weighted by atomic mass is 9.98. The summed E-state index contributed by atoms with van der Waals surface area (Å²) in [4.78, 5) is 13.2. The van der Waals surface area contributed by atoms with Crippen molar-refractivity contribution in [3.63, 3.8) is 0 Å². The molecule has 1 aromatic heterocycles. The van der Waals surface area contributed by atoms with E-state index in [9.17, 15) is 18.4 Å². The molecule has 0 amide bonds. The first-order chi connectivity index (χ1) is 17.1. The van der Waals surface area contributed by atoms with Crippen LogP contribution < -0.4 is 25.3 Å². The molecule has 2 heterocycles. The number of rotatable bonds is 5. The van der Waals surface area contributed by atoms with E-state index in [1.165, 1.54) is 0 Å². The summed E-state index contributed by atoms with van der Waals surface area (Å²) in [6.45, 7) is 0.546. The van der Waals surface area contributed by atoms with E-state index in [1.54, 1.807) is 20.3 Å². The first kappa shape index (κ1) is 28.6. The van der Waals surface area contributed by atoms with Crippen molar-refractivity contribution < 1.29 is 37.3 Å². The number of alkyl halides is 3. The van der Waals surface area contributed by atoms with Gasteiger partial charge in [-0.2, -0.15) is 23.4 Å². The van der Waals surface area contributed by atoms with Gasteiger partial charge in [-0.1, -0.05) is 37.8 Å². The first-order valence-corrected chi connectivity index (χ1v) is 10.3. The molecule has 0 aliphatic carbocycles. The van der Waals surface area contributed by atoms with E-state index in [0.717, 1.165) is 16.7 Å². The molecular weight excluding hydrogens is 493 g/mol. The number of aliphatic carboxylic acids is 1. The van der Waals surface area contributed by atoms with Crippen molar-refractivity contribution in [2.45, 2.75) is 26.6 Å². The molecule has 0 saturated carbocycles. The van der Waals surface area contributed by atoms with Crippen LogP contribution in [0.1, 0.15) is 29.7 Å². The van der Waals surface area contributed by atoms with Crippen LogP contribution in [0.25, 0.3) is 0 Å². The van der Waals surface area contributed by atoms with E-state index >= 15 is 0 Å². The standard InChI is InChI=1S/C22H20N4O3.C2HF3O2.CH4/c1-27-18-9-14-8-15-20(25-12-13-6-4-3-5-7-13)16(11-23)21(24)26-22(15)29-17(14)10-19(18)28-2;3-2(4,5)1(6)7;/h3-7,9-10H,8,12H2,1-2H3,(H3,24,25,26);(H,6,7);1H4. The zero-order chi connectivity index (χ0) is 26.5. The summed E-state index contributed by atoms with van der Waals surface area (Å²) >= 11 is 0. The van der Waals surface area contributed by atoms with Gasteiger partial charge in [0.2, 0.25) is 5.88 Å². The molecular formula is C25H25F3N4O5. The van der Waals surface area contributed by atoms with Crippen molar-refractivity contribution in [2.24, 2.45) is 0 Å². The Hall–Kier alpha value is -4.66. The van der Waals surface area contributed by atoms with E-state index < -0.39 is 12.1 Å². The molecule has 0 radical (unpaired) electrons. The Kier molecular flexibility index (Phi) is 9.15. The lowest BCUT2D eigenvalue weighted by Crippen LogP contribution is -2.21. The lowest BCUT2D eigenvalue weighted by Gasteiger charge is -2.24. The number of hydrogen-bond acceptors (Lipinski definition) is 8. The zero-order valence-corrected chi connectivity index (χ0v) is 19.1. The molecule has 0 bridgehead atoms. The molecule has 12 heteroatoms. The number of fused-ring (bicyclic) bond motifs is 2. The Morgan fingerprint density at radius 1 is 1.22 bits per heavy atom. The molecule has 4 N–H and O–H groups in total. The number of aromatic nitrogens is 1. The van der Waals surface area contributed by atoms with Gasteiger partial charge >= 0.3 is 12.1 Å². The highest BCUT2D eigenvalue weighted by Gasteiger charge is 2.38. The minimum atomic E-state index is -5.08. The van der Waals surface area contributed by atoms with Crippen molar-refractivity contribution in [1.82, 2.24) is 4.98 Å². The molecule has 196 valence electrons. The fourth-order valence-corrected chi connectivity index (χ4v) is 3.39. The highest BCUT2D eigenvalue weighted by Crippen LogP contribution is 2.45. The quantitative estimate of drug-likeness (QED) is 0.328. The van der Waals surface area contributed by atoms with Crippen molar-refractivity contribution >= 4 is 17.5 Å². The predicted molar refractivity (Wildman–Crippen MR) is 130 cm³/mol. The van der Waals surface area contributed by atoms with Gasteiger partial charge in [0.05, 0.1) is 19.9 Å². The second-order valence-corrected chi connectivity index (χ2v) is 7.38. The molecule has 0 fully saturated rings. The maximum atomic E-state index is 10.6. The maximum Gasteiger partial charge on any atom is 0.490 e. The number of ether oxygens (including phenoxy) is 3. The molecule has 1 aliphatic heterocycles. The highest BCUT2D eigenvalue weighted by atomic mass is 19.4. The monoisotopic (exact) mass is 518 g/mol. The summed E-state index contributed by atoms with van der Waals surface area (Å²) in [6, 6.07) is 15.7. The average Bonchev–Trinajstić information content (AvgIpc) is 2.85. The van der Waals surface area contributed by atoms with Crippen LogP contribution in [0, 0.1) is 11.3 Å². The number of nitrogen functional groups attached to an aromatic ring is 1. The van der Waals surface area contributed by atoms with E-state index in [-0.39, 0.29) is 13.2 Å². The number of carboxylic acid groups (broad SMARTS) is 1. The Bertz CT molecular complexity index is 1310. The number of hydrogen-bond donors (Lipinski definition) is 3. The predicted octanol–water partition coefficient (Wildman–Crippen LogP) is 5.13. The van der Waals surface area contributed by atoms with Gasteiger partial charge in [-0.3, -0.25) is 0 Å². The lowest BCUT2D eigenvalue weighted by molar-refractivity contribution is -0.192. The molecule has 37 heavy (non-hydrogen) atoms. The van der Waals surface area contributed by atoms with Crippen LogP contribution in [-0.2, 0) is 17.8 Å². The molecule has 4 rings (SSSR count). The van der Waals surface area contributed by atoms with E-state index in [1.807, 2.05) is 36.4 Å². The van der Waals surface area contributed by atoms with Crippen LogP contribution in [0.3, 0.4) is 0 Å². The fraction of sp³-hybridized carbons (Fsp3) is 0.240. The van der Waals surface area contributed by atoms with Gasteiger partial charge in [0.25, 0.3) is 0 Å². The van der Waals surface area contributed by atoms with Gasteiger partial charge in [0, 0.05) is 30.2 Å². The smallest absolute Gasteiger partial charge is 0.490 e. The average molecular weight is 518 g/mol. The molecule has 9 nitrogen and oxygen atoms in total. The Morgan fingerprint density at radius 2 is 1.81 bits per heavy atom. The van der Waals surface area contributed by atoms with Crippen molar-refractivity contribution in [3.8, 4) is 29.2 Å². The van der Waals surface area contributed by atoms with E-state index in [0.29, 0.717) is 47.3 Å². The Morgan fingerprint density at radius 3 is 2.35 bits per heavy atom. The van der Waals surface area contributed by atoms with Crippen molar-refractivity contribution in [3.05, 3.63) is 64.7 Å². The second kappa shape index (κ2) is 11.9. The number of pyridine rings is 1. The number of anilines is 2. The number of halogens is 3. The number of benzene rings is 2.